The molecule has 0 aliphatic carbocycles. The van der Waals surface area contributed by atoms with E-state index in [9.17, 15) is 9.59 Å². The van der Waals surface area contributed by atoms with Gasteiger partial charge in [-0.25, -0.2) is 4.79 Å². The lowest BCUT2D eigenvalue weighted by atomic mass is 9.89. The fourth-order valence-electron chi connectivity index (χ4n) is 3.98. The highest BCUT2D eigenvalue weighted by atomic mass is 16.6. The lowest BCUT2D eigenvalue weighted by Gasteiger charge is -2.34. The molecule has 30 heavy (non-hydrogen) atoms. The number of carbonyl (C=O) groups is 2. The molecule has 0 atom stereocenters. The van der Waals surface area contributed by atoms with Gasteiger partial charge in [0.2, 0.25) is 0 Å². The van der Waals surface area contributed by atoms with Gasteiger partial charge in [-0.2, -0.15) is 0 Å². The summed E-state index contributed by atoms with van der Waals surface area (Å²) < 4.78 is 16.0. The number of carbonyl (C=O) groups excluding carboxylic acids is 2. The monoisotopic (exact) mass is 420 g/mol. The van der Waals surface area contributed by atoms with Gasteiger partial charge in [0.25, 0.3) is 0 Å². The summed E-state index contributed by atoms with van der Waals surface area (Å²) in [7, 11) is 1.41. The highest BCUT2D eigenvalue weighted by Gasteiger charge is 2.24. The highest BCUT2D eigenvalue weighted by Crippen LogP contribution is 2.35. The van der Waals surface area contributed by atoms with Gasteiger partial charge in [-0.05, 0) is 69.4 Å². The first-order valence-electron chi connectivity index (χ1n) is 10.5. The molecule has 1 aliphatic heterocycles. The van der Waals surface area contributed by atoms with E-state index < -0.39 is 5.60 Å². The summed E-state index contributed by atoms with van der Waals surface area (Å²) in [5.41, 5.74) is 5.83. The predicted octanol–water partition coefficient (Wildman–Crippen LogP) is 2.60. The number of ether oxygens (including phenoxy) is 3. The Morgan fingerprint density at radius 1 is 0.967 bits per heavy atom. The number of anilines is 1. The molecule has 1 aliphatic rings. The Balaban J connectivity index is 2.33. The summed E-state index contributed by atoms with van der Waals surface area (Å²) in [6, 6.07) is 0. The molecule has 0 unspecified atom stereocenters. The average Bonchev–Trinajstić information content (AvgIpc) is 2.67. The molecule has 0 amide bonds. The van der Waals surface area contributed by atoms with Gasteiger partial charge in [0.05, 0.1) is 20.1 Å². The summed E-state index contributed by atoms with van der Waals surface area (Å²) >= 11 is 0. The van der Waals surface area contributed by atoms with Gasteiger partial charge in [0.15, 0.2) is 0 Å². The van der Waals surface area contributed by atoms with E-state index in [1.54, 1.807) is 0 Å². The minimum atomic E-state index is -0.542. The topological polar surface area (TPSA) is 77.1 Å². The Morgan fingerprint density at radius 3 is 2.13 bits per heavy atom. The Labute approximate surface area is 180 Å². The van der Waals surface area contributed by atoms with Crippen molar-refractivity contribution in [2.75, 3.05) is 44.8 Å². The van der Waals surface area contributed by atoms with Crippen LogP contribution in [0.3, 0.4) is 0 Å². The van der Waals surface area contributed by atoms with Gasteiger partial charge in [0.1, 0.15) is 12.2 Å². The number of piperazine rings is 1. The van der Waals surface area contributed by atoms with Gasteiger partial charge in [-0.15, -0.1) is 0 Å². The van der Waals surface area contributed by atoms with E-state index in [4.69, 9.17) is 14.2 Å². The minimum absolute atomic E-state index is 0.112. The molecule has 7 nitrogen and oxygen atoms in total. The molecule has 2 rings (SSSR count). The third kappa shape index (κ3) is 6.19. The Morgan fingerprint density at radius 2 is 1.57 bits per heavy atom. The van der Waals surface area contributed by atoms with Crippen LogP contribution in [0.1, 0.15) is 48.6 Å². The first-order valence-corrected chi connectivity index (χ1v) is 10.5. The number of nitrogens with one attached hydrogen (secondary N) is 1. The second-order valence-electron chi connectivity index (χ2n) is 8.75. The molecule has 1 aromatic rings. The molecule has 0 aromatic heterocycles. The molecule has 1 aromatic carbocycles. The van der Waals surface area contributed by atoms with Crippen molar-refractivity contribution in [2.24, 2.45) is 0 Å². The molecule has 0 spiro atoms. The van der Waals surface area contributed by atoms with Gasteiger partial charge in [-0.1, -0.05) is 0 Å². The van der Waals surface area contributed by atoms with Crippen LogP contribution in [0.4, 0.5) is 5.69 Å². The van der Waals surface area contributed by atoms with Crippen molar-refractivity contribution >= 4 is 17.6 Å². The lowest BCUT2D eigenvalue weighted by molar-refractivity contribution is -0.160. The molecule has 0 bridgehead atoms. The quantitative estimate of drug-likeness (QED) is 0.680. The van der Waals surface area contributed by atoms with Crippen LogP contribution >= 0.6 is 0 Å². The van der Waals surface area contributed by atoms with E-state index in [1.165, 1.54) is 7.11 Å². The maximum Gasteiger partial charge on any atom is 0.332 e. The van der Waals surface area contributed by atoms with E-state index >= 15 is 0 Å². The number of benzene rings is 1. The zero-order valence-electron chi connectivity index (χ0n) is 19.4. The minimum Gasteiger partial charge on any atom is -0.469 e. The van der Waals surface area contributed by atoms with Crippen molar-refractivity contribution in [1.82, 2.24) is 5.32 Å². The summed E-state index contributed by atoms with van der Waals surface area (Å²) in [4.78, 5) is 26.4. The molecule has 0 radical (unpaired) electrons. The lowest BCUT2D eigenvalue weighted by Crippen LogP contribution is -2.44. The second-order valence-corrected chi connectivity index (χ2v) is 8.75. The maximum absolute atomic E-state index is 12.1. The van der Waals surface area contributed by atoms with Gasteiger partial charge in [-0.3, -0.25) is 4.79 Å². The zero-order chi connectivity index (χ0) is 22.5. The van der Waals surface area contributed by atoms with Crippen LogP contribution in [0.5, 0.6) is 0 Å². The molecule has 1 heterocycles. The van der Waals surface area contributed by atoms with Gasteiger partial charge < -0.3 is 24.4 Å². The van der Waals surface area contributed by atoms with E-state index in [1.807, 2.05) is 27.7 Å². The SMILES string of the molecule is COC(=O)Cc1c(C)c(COCC(=O)OC(C)(C)C)c(C)c(N2CCNCC2)c1C. The van der Waals surface area contributed by atoms with E-state index in [0.717, 1.165) is 59.7 Å². The van der Waals surface area contributed by atoms with E-state index in [2.05, 4.69) is 24.1 Å². The van der Waals surface area contributed by atoms with Crippen molar-refractivity contribution in [3.8, 4) is 0 Å². The molecule has 168 valence electrons. The number of nitrogens with zero attached hydrogens (tertiary/aromatic N) is 1. The molecule has 1 saturated heterocycles. The number of hydrogen-bond donors (Lipinski definition) is 1. The third-order valence-corrected chi connectivity index (χ3v) is 5.39. The number of methoxy groups -OCH3 is 1. The Bertz CT molecular complexity index is 777. The number of esters is 2. The zero-order valence-corrected chi connectivity index (χ0v) is 19.4. The van der Waals surface area contributed by atoms with Crippen molar-refractivity contribution in [3.63, 3.8) is 0 Å². The first-order chi connectivity index (χ1) is 14.0. The van der Waals surface area contributed by atoms with Crippen LogP contribution in [0.2, 0.25) is 0 Å². The molecular formula is C23H36N2O5. The summed E-state index contributed by atoms with van der Waals surface area (Å²) in [5, 5.41) is 3.38. The van der Waals surface area contributed by atoms with Crippen LogP contribution in [0.15, 0.2) is 0 Å². The van der Waals surface area contributed by atoms with Gasteiger partial charge >= 0.3 is 11.9 Å². The summed E-state index contributed by atoms with van der Waals surface area (Å²) in [5.74, 6) is -0.654. The maximum atomic E-state index is 12.1. The van der Waals surface area contributed by atoms with Crippen LogP contribution in [0, 0.1) is 20.8 Å². The molecule has 7 heteroatoms. The standard InChI is InChI=1S/C23H36N2O5/c1-15-18(12-20(26)28-7)16(2)22(25-10-8-24-9-11-25)17(3)19(15)13-29-14-21(27)30-23(4,5)6/h24H,8-14H2,1-7H3. The molecule has 1 N–H and O–H groups in total. The highest BCUT2D eigenvalue weighted by molar-refractivity contribution is 5.77. The second kappa shape index (κ2) is 10.3. The Kier molecular flexibility index (Phi) is 8.26. The van der Waals surface area contributed by atoms with Crippen LogP contribution in [-0.2, 0) is 36.8 Å². The first kappa shape index (κ1) is 24.2. The van der Waals surface area contributed by atoms with Crippen molar-refractivity contribution < 1.29 is 23.8 Å². The van der Waals surface area contributed by atoms with Crippen LogP contribution < -0.4 is 10.2 Å². The molecule has 0 saturated carbocycles. The summed E-state index contributed by atoms with van der Waals surface area (Å²) in [6.45, 7) is 15.5. The average molecular weight is 421 g/mol. The van der Waals surface area contributed by atoms with Crippen LogP contribution in [-0.4, -0.2) is 57.4 Å². The van der Waals surface area contributed by atoms with Crippen molar-refractivity contribution in [2.45, 2.75) is 60.2 Å². The Hall–Kier alpha value is -2.12. The predicted molar refractivity (Wildman–Crippen MR) is 117 cm³/mol. The fourth-order valence-corrected chi connectivity index (χ4v) is 3.98. The van der Waals surface area contributed by atoms with Crippen LogP contribution in [0.25, 0.3) is 0 Å². The molecular weight excluding hydrogens is 384 g/mol. The number of rotatable bonds is 7. The molecule has 1 fully saturated rings. The largest absolute Gasteiger partial charge is 0.469 e. The van der Waals surface area contributed by atoms with Crippen molar-refractivity contribution in [3.05, 3.63) is 27.8 Å². The van der Waals surface area contributed by atoms with Crippen molar-refractivity contribution in [1.29, 1.82) is 0 Å². The van der Waals surface area contributed by atoms with Gasteiger partial charge in [0, 0.05) is 31.9 Å². The summed E-state index contributed by atoms with van der Waals surface area (Å²) in [6.07, 6.45) is 0.215. The van der Waals surface area contributed by atoms with E-state index in [-0.39, 0.29) is 31.6 Å². The fraction of sp³-hybridized carbons (Fsp3) is 0.652. The third-order valence-electron chi connectivity index (χ3n) is 5.39. The van der Waals surface area contributed by atoms with E-state index in [0.29, 0.717) is 0 Å². The smallest absolute Gasteiger partial charge is 0.332 e. The number of hydrogen-bond acceptors (Lipinski definition) is 7. The normalized spacial score (nSPS) is 14.6.